The van der Waals surface area contributed by atoms with Gasteiger partial charge in [-0.05, 0) is 18.3 Å². The molecule has 0 aromatic rings. The molecule has 0 saturated heterocycles. The lowest BCUT2D eigenvalue weighted by Gasteiger charge is -2.24. The number of rotatable bonds is 8. The highest BCUT2D eigenvalue weighted by Gasteiger charge is 2.20. The molecule has 14 heavy (non-hydrogen) atoms. The highest BCUT2D eigenvalue weighted by molar-refractivity contribution is 4.71. The first-order valence-corrected chi connectivity index (χ1v) is 5.77. The smallest absolute Gasteiger partial charge is 0.0875 e. The maximum atomic E-state index is 9.83. The van der Waals surface area contributed by atoms with Crippen molar-refractivity contribution in [2.45, 2.75) is 52.1 Å². The lowest BCUT2D eigenvalue weighted by molar-refractivity contribution is 0.0724. The van der Waals surface area contributed by atoms with Crippen LogP contribution in [0.1, 0.15) is 46.0 Å². The molecule has 2 N–H and O–H groups in total. The predicted molar refractivity (Wildman–Crippen MR) is 59.9 cm³/mol. The summed E-state index contributed by atoms with van der Waals surface area (Å²) in [6.45, 7) is 8.18. The zero-order valence-corrected chi connectivity index (χ0v) is 9.58. The van der Waals surface area contributed by atoms with E-state index in [-0.39, 0.29) is 12.7 Å². The van der Waals surface area contributed by atoms with Crippen LogP contribution in [0.15, 0.2) is 0 Å². The van der Waals surface area contributed by atoms with Crippen LogP contribution >= 0.6 is 0 Å². The fourth-order valence-corrected chi connectivity index (χ4v) is 1.84. The summed E-state index contributed by atoms with van der Waals surface area (Å²) in [5, 5.41) is 18.9. The van der Waals surface area contributed by atoms with Gasteiger partial charge in [-0.15, -0.1) is 0 Å². The van der Waals surface area contributed by atoms with Crippen LogP contribution in [0.5, 0.6) is 0 Å². The van der Waals surface area contributed by atoms with E-state index in [1.54, 1.807) is 0 Å². The Morgan fingerprint density at radius 1 is 1.21 bits per heavy atom. The summed E-state index contributed by atoms with van der Waals surface area (Å²) in [5.41, 5.74) is 0. The van der Waals surface area contributed by atoms with Gasteiger partial charge in [-0.1, -0.05) is 26.7 Å². The predicted octanol–water partition coefficient (Wildman–Crippen LogP) is 2.40. The lowest BCUT2D eigenvalue weighted by atomic mass is 9.86. The van der Waals surface area contributed by atoms with Crippen LogP contribution in [0.3, 0.4) is 0 Å². The van der Waals surface area contributed by atoms with Gasteiger partial charge in [0, 0.05) is 13.0 Å². The van der Waals surface area contributed by atoms with E-state index in [1.165, 1.54) is 0 Å². The zero-order chi connectivity index (χ0) is 11.0. The average Bonchev–Trinajstić information content (AvgIpc) is 2.20. The molecule has 0 aromatic carbocycles. The van der Waals surface area contributed by atoms with Crippen LogP contribution in [-0.2, 0) is 0 Å². The Morgan fingerprint density at radius 3 is 2.21 bits per heavy atom. The Hall–Kier alpha value is -0.210. The third-order valence-corrected chi connectivity index (χ3v) is 3.04. The Bertz CT molecular complexity index is 121. The average molecular weight is 201 g/mol. The van der Waals surface area contributed by atoms with Gasteiger partial charge in [-0.2, -0.15) is 0 Å². The molecule has 3 atom stereocenters. The van der Waals surface area contributed by atoms with Gasteiger partial charge in [-0.3, -0.25) is 0 Å². The van der Waals surface area contributed by atoms with Crippen LogP contribution in [0.4, 0.5) is 0 Å². The second-order valence-corrected chi connectivity index (χ2v) is 4.07. The first-order valence-electron chi connectivity index (χ1n) is 5.77. The highest BCUT2D eigenvalue weighted by Crippen LogP contribution is 2.23. The van der Waals surface area contributed by atoms with E-state index in [0.29, 0.717) is 11.8 Å². The minimum atomic E-state index is -0.238. The standard InChI is InChI=1S/C12H25O2/c1-4-7-12(14)11(6-3)8-10(5-2)9-13/h10-14H,1,4-9H2,2-3H3/q+1. The molecule has 0 aliphatic heterocycles. The quantitative estimate of drug-likeness (QED) is 0.592. The second kappa shape index (κ2) is 8.13. The Balaban J connectivity index is 3.98. The summed E-state index contributed by atoms with van der Waals surface area (Å²) < 4.78 is 0. The van der Waals surface area contributed by atoms with Crippen LogP contribution in [0, 0.1) is 18.8 Å². The number of aliphatic hydroxyl groups is 2. The van der Waals surface area contributed by atoms with Crippen LogP contribution in [0.2, 0.25) is 0 Å². The van der Waals surface area contributed by atoms with Gasteiger partial charge in [-0.25, -0.2) is 0 Å². The molecule has 0 heterocycles. The van der Waals surface area contributed by atoms with Crippen molar-refractivity contribution in [3.8, 4) is 0 Å². The molecule has 84 valence electrons. The molecule has 0 rings (SSSR count). The monoisotopic (exact) mass is 201 g/mol. The maximum absolute atomic E-state index is 9.83. The molecule has 0 aliphatic rings. The molecule has 0 fully saturated rings. The van der Waals surface area contributed by atoms with Crippen molar-refractivity contribution in [3.63, 3.8) is 0 Å². The minimum Gasteiger partial charge on any atom is -0.396 e. The molecular weight excluding hydrogens is 176 g/mol. The molecule has 0 spiro atoms. The van der Waals surface area contributed by atoms with Crippen molar-refractivity contribution >= 4 is 0 Å². The highest BCUT2D eigenvalue weighted by atomic mass is 16.3. The Kier molecular flexibility index (Phi) is 8.01. The number of hydrogen-bond donors (Lipinski definition) is 2. The normalized spacial score (nSPS) is 17.7. The topological polar surface area (TPSA) is 40.5 Å². The van der Waals surface area contributed by atoms with E-state index in [2.05, 4.69) is 20.8 Å². The van der Waals surface area contributed by atoms with Crippen molar-refractivity contribution < 1.29 is 10.2 Å². The van der Waals surface area contributed by atoms with Crippen LogP contribution < -0.4 is 0 Å². The number of hydrogen-bond acceptors (Lipinski definition) is 2. The third kappa shape index (κ3) is 4.87. The summed E-state index contributed by atoms with van der Waals surface area (Å²) in [7, 11) is 0. The molecule has 0 aliphatic carbocycles. The first-order chi connectivity index (χ1) is 6.69. The van der Waals surface area contributed by atoms with Gasteiger partial charge in [0.1, 0.15) is 0 Å². The summed E-state index contributed by atoms with van der Waals surface area (Å²) in [6, 6.07) is 0. The van der Waals surface area contributed by atoms with E-state index in [0.717, 1.165) is 32.1 Å². The fourth-order valence-electron chi connectivity index (χ4n) is 1.84. The first kappa shape index (κ1) is 13.8. The van der Waals surface area contributed by atoms with Gasteiger partial charge < -0.3 is 10.2 Å². The molecule has 0 radical (unpaired) electrons. The van der Waals surface area contributed by atoms with E-state index in [1.807, 2.05) is 0 Å². The van der Waals surface area contributed by atoms with Crippen LogP contribution in [0.25, 0.3) is 0 Å². The summed E-state index contributed by atoms with van der Waals surface area (Å²) in [5.74, 6) is 0.674. The van der Waals surface area contributed by atoms with E-state index in [9.17, 15) is 5.11 Å². The summed E-state index contributed by atoms with van der Waals surface area (Å²) in [4.78, 5) is 0. The molecular formula is C12H25O2+. The summed E-state index contributed by atoms with van der Waals surface area (Å²) in [6.07, 6.45) is 4.23. The molecule has 0 bridgehead atoms. The fraction of sp³-hybridized carbons (Fsp3) is 0.917. The van der Waals surface area contributed by atoms with Gasteiger partial charge >= 0.3 is 0 Å². The third-order valence-electron chi connectivity index (χ3n) is 3.04. The Morgan fingerprint density at radius 2 is 1.86 bits per heavy atom. The van der Waals surface area contributed by atoms with Gasteiger partial charge in [0.05, 0.1) is 19.4 Å². The zero-order valence-electron chi connectivity index (χ0n) is 9.58. The minimum absolute atomic E-state index is 0.238. The van der Waals surface area contributed by atoms with Crippen molar-refractivity contribution in [1.82, 2.24) is 0 Å². The van der Waals surface area contributed by atoms with E-state index < -0.39 is 0 Å². The molecule has 0 aromatic heterocycles. The van der Waals surface area contributed by atoms with Crippen molar-refractivity contribution in [3.05, 3.63) is 6.92 Å². The van der Waals surface area contributed by atoms with E-state index >= 15 is 0 Å². The SMILES string of the molecule is [CH2+]CCC(O)C(CC)CC(CC)CO. The van der Waals surface area contributed by atoms with E-state index in [4.69, 9.17) is 5.11 Å². The largest absolute Gasteiger partial charge is 0.396 e. The van der Waals surface area contributed by atoms with Crippen molar-refractivity contribution in [1.29, 1.82) is 0 Å². The Labute approximate surface area is 88.3 Å². The molecule has 2 nitrogen and oxygen atoms in total. The number of aliphatic hydroxyl groups excluding tert-OH is 2. The van der Waals surface area contributed by atoms with Crippen LogP contribution in [-0.4, -0.2) is 22.9 Å². The summed E-state index contributed by atoms with van der Waals surface area (Å²) >= 11 is 0. The molecule has 2 heteroatoms. The molecule has 0 amide bonds. The van der Waals surface area contributed by atoms with Gasteiger partial charge in [0.15, 0.2) is 0 Å². The van der Waals surface area contributed by atoms with Gasteiger partial charge in [0.25, 0.3) is 0 Å². The molecule has 0 saturated carbocycles. The lowest BCUT2D eigenvalue weighted by Crippen LogP contribution is -2.23. The van der Waals surface area contributed by atoms with Crippen molar-refractivity contribution in [2.24, 2.45) is 11.8 Å². The second-order valence-electron chi connectivity index (χ2n) is 4.07. The van der Waals surface area contributed by atoms with Crippen molar-refractivity contribution in [2.75, 3.05) is 6.61 Å². The molecule has 3 unspecified atom stereocenters. The maximum Gasteiger partial charge on any atom is 0.0875 e. The van der Waals surface area contributed by atoms with Gasteiger partial charge in [0.2, 0.25) is 0 Å².